The molecule has 0 aliphatic heterocycles. The van der Waals surface area contributed by atoms with E-state index in [0.717, 1.165) is 18.4 Å². The number of hydrogen-bond donors (Lipinski definition) is 2. The first kappa shape index (κ1) is 17.0. The highest BCUT2D eigenvalue weighted by Gasteiger charge is 2.34. The molecule has 0 saturated heterocycles. The molecule has 23 heavy (non-hydrogen) atoms. The molecule has 1 unspecified atom stereocenters. The van der Waals surface area contributed by atoms with Crippen LogP contribution in [0.1, 0.15) is 25.3 Å². The molecule has 2 N–H and O–H groups in total. The molecule has 0 aromatic heterocycles. The van der Waals surface area contributed by atoms with Gasteiger partial charge in [0.2, 0.25) is 11.8 Å². The zero-order valence-corrected chi connectivity index (χ0v) is 13.2. The van der Waals surface area contributed by atoms with Crippen LogP contribution >= 0.6 is 0 Å². The van der Waals surface area contributed by atoms with Crippen LogP contribution in [-0.4, -0.2) is 46.9 Å². The number of carbonyl (C=O) groups excluding carboxylic acids is 2. The fraction of sp³-hybridized carbons (Fsp3) is 0.471. The van der Waals surface area contributed by atoms with E-state index >= 15 is 0 Å². The minimum absolute atomic E-state index is 0.0888. The third-order valence-electron chi connectivity index (χ3n) is 3.84. The van der Waals surface area contributed by atoms with Crippen molar-refractivity contribution in [1.29, 1.82) is 0 Å². The molecular weight excluding hydrogens is 296 g/mol. The van der Waals surface area contributed by atoms with Crippen molar-refractivity contribution in [2.45, 2.75) is 32.2 Å². The summed E-state index contributed by atoms with van der Waals surface area (Å²) >= 11 is 0. The first-order valence-corrected chi connectivity index (χ1v) is 7.80. The molecule has 6 heteroatoms. The monoisotopic (exact) mass is 318 g/mol. The number of hydrogen-bond acceptors (Lipinski definition) is 3. The van der Waals surface area contributed by atoms with E-state index in [1.807, 2.05) is 30.3 Å². The van der Waals surface area contributed by atoms with Crippen molar-refractivity contribution < 1.29 is 19.5 Å². The summed E-state index contributed by atoms with van der Waals surface area (Å²) in [5.74, 6) is -1.97. The molecule has 2 rings (SSSR count). The number of carboxylic acid groups (broad SMARTS) is 1. The number of rotatable bonds is 8. The second-order valence-electron chi connectivity index (χ2n) is 5.96. The van der Waals surface area contributed by atoms with Gasteiger partial charge in [-0.1, -0.05) is 37.3 Å². The number of nitrogens with zero attached hydrogens (tertiary/aromatic N) is 1. The molecule has 1 fully saturated rings. The Labute approximate surface area is 135 Å². The lowest BCUT2D eigenvalue weighted by Crippen LogP contribution is -2.44. The minimum atomic E-state index is -0.920. The van der Waals surface area contributed by atoms with E-state index in [1.165, 1.54) is 0 Å². The van der Waals surface area contributed by atoms with Crippen LogP contribution in [0, 0.1) is 5.92 Å². The highest BCUT2D eigenvalue weighted by atomic mass is 16.4. The molecule has 0 heterocycles. The van der Waals surface area contributed by atoms with Crippen LogP contribution in [0.5, 0.6) is 0 Å². The van der Waals surface area contributed by atoms with Crippen molar-refractivity contribution in [3.05, 3.63) is 35.9 Å². The first-order valence-electron chi connectivity index (χ1n) is 7.80. The lowest BCUT2D eigenvalue weighted by Gasteiger charge is -2.24. The summed E-state index contributed by atoms with van der Waals surface area (Å²) < 4.78 is 0. The first-order chi connectivity index (χ1) is 11.0. The van der Waals surface area contributed by atoms with Crippen LogP contribution < -0.4 is 5.32 Å². The fourth-order valence-corrected chi connectivity index (χ4v) is 2.33. The third-order valence-corrected chi connectivity index (χ3v) is 3.84. The van der Waals surface area contributed by atoms with Crippen molar-refractivity contribution >= 4 is 17.8 Å². The summed E-state index contributed by atoms with van der Waals surface area (Å²) in [6, 6.07) is 9.42. The number of nitrogens with one attached hydrogen (secondary N) is 1. The Kier molecular flexibility index (Phi) is 5.73. The van der Waals surface area contributed by atoms with Gasteiger partial charge in [0.1, 0.15) is 0 Å². The molecule has 6 nitrogen and oxygen atoms in total. The summed E-state index contributed by atoms with van der Waals surface area (Å²) in [5.41, 5.74) is 0.885. The van der Waals surface area contributed by atoms with Gasteiger partial charge in [-0.15, -0.1) is 0 Å². The Balaban J connectivity index is 1.82. The number of aliphatic carboxylic acids is 1. The van der Waals surface area contributed by atoms with Crippen LogP contribution in [0.4, 0.5) is 0 Å². The van der Waals surface area contributed by atoms with Gasteiger partial charge in [-0.3, -0.25) is 14.4 Å². The molecule has 1 atom stereocenters. The molecule has 1 aliphatic carbocycles. The van der Waals surface area contributed by atoms with Crippen molar-refractivity contribution in [1.82, 2.24) is 10.2 Å². The van der Waals surface area contributed by atoms with Gasteiger partial charge >= 0.3 is 5.97 Å². The molecule has 1 aromatic rings. The van der Waals surface area contributed by atoms with E-state index in [2.05, 4.69) is 5.32 Å². The zero-order valence-electron chi connectivity index (χ0n) is 13.2. The molecule has 0 bridgehead atoms. The Morgan fingerprint density at radius 2 is 1.91 bits per heavy atom. The van der Waals surface area contributed by atoms with E-state index in [4.69, 9.17) is 5.11 Å². The molecule has 1 saturated carbocycles. The average molecular weight is 318 g/mol. The molecular formula is C17H22N2O4. The maximum absolute atomic E-state index is 12.3. The summed E-state index contributed by atoms with van der Waals surface area (Å²) in [7, 11) is 0. The Morgan fingerprint density at radius 3 is 2.48 bits per heavy atom. The predicted molar refractivity (Wildman–Crippen MR) is 84.7 cm³/mol. The lowest BCUT2D eigenvalue weighted by molar-refractivity contribution is -0.143. The minimum Gasteiger partial charge on any atom is -0.481 e. The van der Waals surface area contributed by atoms with E-state index in [0.29, 0.717) is 0 Å². The molecule has 0 spiro atoms. The number of amides is 2. The van der Waals surface area contributed by atoms with Gasteiger partial charge in [0, 0.05) is 12.6 Å². The lowest BCUT2D eigenvalue weighted by atomic mass is 10.1. The van der Waals surface area contributed by atoms with Gasteiger partial charge in [-0.2, -0.15) is 0 Å². The molecule has 124 valence electrons. The summed E-state index contributed by atoms with van der Waals surface area (Å²) in [5, 5.41) is 11.6. The smallest absolute Gasteiger partial charge is 0.308 e. The normalized spacial score (nSPS) is 14.8. The fourth-order valence-electron chi connectivity index (χ4n) is 2.33. The topological polar surface area (TPSA) is 86.7 Å². The molecule has 2 amide bonds. The maximum Gasteiger partial charge on any atom is 0.308 e. The van der Waals surface area contributed by atoms with E-state index in [-0.39, 0.29) is 37.4 Å². The van der Waals surface area contributed by atoms with Gasteiger partial charge in [-0.25, -0.2) is 0 Å². The number of benzene rings is 1. The van der Waals surface area contributed by atoms with Crippen LogP contribution in [-0.2, 0) is 20.8 Å². The van der Waals surface area contributed by atoms with Crippen molar-refractivity contribution in [3.63, 3.8) is 0 Å². The van der Waals surface area contributed by atoms with Crippen molar-refractivity contribution in [2.75, 3.05) is 13.1 Å². The average Bonchev–Trinajstić information content (AvgIpc) is 3.35. The predicted octanol–water partition coefficient (Wildman–Crippen LogP) is 1.06. The Hall–Kier alpha value is -2.37. The Bertz CT molecular complexity index is 569. The quantitative estimate of drug-likeness (QED) is 0.750. The van der Waals surface area contributed by atoms with Gasteiger partial charge in [0.15, 0.2) is 0 Å². The maximum atomic E-state index is 12.3. The van der Waals surface area contributed by atoms with Gasteiger partial charge < -0.3 is 15.3 Å². The summed E-state index contributed by atoms with van der Waals surface area (Å²) in [4.78, 5) is 36.7. The summed E-state index contributed by atoms with van der Waals surface area (Å²) in [6.07, 6.45) is 2.02. The SMILES string of the molecule is CC(CN(C(=O)CNC(=O)Cc1ccccc1)C1CC1)C(=O)O. The highest BCUT2D eigenvalue weighted by Crippen LogP contribution is 2.27. The molecule has 1 aliphatic rings. The van der Waals surface area contributed by atoms with Crippen LogP contribution in [0.25, 0.3) is 0 Å². The third kappa shape index (κ3) is 5.39. The van der Waals surface area contributed by atoms with Crippen LogP contribution in [0.3, 0.4) is 0 Å². The Morgan fingerprint density at radius 1 is 1.26 bits per heavy atom. The van der Waals surface area contributed by atoms with Crippen molar-refractivity contribution in [3.8, 4) is 0 Å². The molecule has 0 radical (unpaired) electrons. The van der Waals surface area contributed by atoms with Crippen LogP contribution in [0.2, 0.25) is 0 Å². The zero-order chi connectivity index (χ0) is 16.8. The molecule has 1 aromatic carbocycles. The number of carboxylic acids is 1. The van der Waals surface area contributed by atoms with E-state index in [1.54, 1.807) is 11.8 Å². The second kappa shape index (κ2) is 7.76. The second-order valence-corrected chi connectivity index (χ2v) is 5.96. The van der Waals surface area contributed by atoms with Crippen molar-refractivity contribution in [2.24, 2.45) is 5.92 Å². The number of carbonyl (C=O) groups is 3. The highest BCUT2D eigenvalue weighted by molar-refractivity contribution is 5.86. The standard InChI is InChI=1S/C17H22N2O4/c1-12(17(22)23)11-19(14-7-8-14)16(21)10-18-15(20)9-13-5-3-2-4-6-13/h2-6,12,14H,7-11H2,1H3,(H,18,20)(H,22,23). The van der Waals surface area contributed by atoms with Gasteiger partial charge in [0.05, 0.1) is 18.9 Å². The van der Waals surface area contributed by atoms with E-state index in [9.17, 15) is 14.4 Å². The van der Waals surface area contributed by atoms with Gasteiger partial charge in [0.25, 0.3) is 0 Å². The van der Waals surface area contributed by atoms with Crippen LogP contribution in [0.15, 0.2) is 30.3 Å². The largest absolute Gasteiger partial charge is 0.481 e. The summed E-state index contributed by atoms with van der Waals surface area (Å²) in [6.45, 7) is 1.68. The van der Waals surface area contributed by atoms with Gasteiger partial charge in [-0.05, 0) is 18.4 Å². The van der Waals surface area contributed by atoms with E-state index < -0.39 is 11.9 Å².